The molecule has 3 nitrogen and oxygen atoms in total. The number of nitroso groups, excluding NO2 is 1. The van der Waals surface area contributed by atoms with E-state index in [4.69, 9.17) is 0 Å². The number of anilines is 1. The number of hydrogen-bond acceptors (Lipinski definition) is 3. The van der Waals surface area contributed by atoms with Gasteiger partial charge in [0.2, 0.25) is 0 Å². The van der Waals surface area contributed by atoms with Crippen molar-refractivity contribution in [1.29, 1.82) is 0 Å². The Morgan fingerprint density at radius 2 is 2.07 bits per heavy atom. The van der Waals surface area contributed by atoms with E-state index in [2.05, 4.69) is 5.18 Å². The molecule has 78 valence electrons. The average Bonchev–Trinajstić information content (AvgIpc) is 2.23. The van der Waals surface area contributed by atoms with Crippen LogP contribution in [0.5, 0.6) is 0 Å². The van der Waals surface area contributed by atoms with Gasteiger partial charge in [0.05, 0.1) is 6.20 Å². The summed E-state index contributed by atoms with van der Waals surface area (Å²) in [6, 6.07) is 7.91. The van der Waals surface area contributed by atoms with Gasteiger partial charge in [-0.2, -0.15) is 0 Å². The van der Waals surface area contributed by atoms with E-state index in [1.807, 2.05) is 48.5 Å². The molecule has 0 atom stereocenters. The van der Waals surface area contributed by atoms with Crippen molar-refractivity contribution in [1.82, 2.24) is 0 Å². The fraction of sp³-hybridized carbons (Fsp3) is 0.0909. The maximum atomic E-state index is 10.2. The molecule has 0 aromatic heterocycles. The van der Waals surface area contributed by atoms with Crippen molar-refractivity contribution in [2.24, 2.45) is 5.18 Å². The molecule has 4 heteroatoms. The summed E-state index contributed by atoms with van der Waals surface area (Å²) in [7, 11) is 1.97. The number of nitrogens with zero attached hydrogens (tertiary/aromatic N) is 2. The molecule has 0 amide bonds. The Morgan fingerprint density at radius 3 is 2.80 bits per heavy atom. The molecular weight excluding hydrogens is 303 g/mol. The molecule has 0 spiro atoms. The van der Waals surface area contributed by atoms with Gasteiger partial charge in [0, 0.05) is 30.1 Å². The Hall–Kier alpha value is -1.17. The lowest BCUT2D eigenvalue weighted by Crippen LogP contribution is -2.13. The topological polar surface area (TPSA) is 32.7 Å². The molecule has 1 aliphatic rings. The molecule has 0 saturated heterocycles. The molecule has 0 saturated carbocycles. The standard InChI is InChI=1S/C11H10N2O.HI/c1-13-7-6-9(8-12-14)10-4-2-3-5-11(10)13;/h2-8H,1H3;1H/b9-8+;. The summed E-state index contributed by atoms with van der Waals surface area (Å²) in [5.74, 6) is 0. The van der Waals surface area contributed by atoms with Gasteiger partial charge in [-0.25, -0.2) is 0 Å². The van der Waals surface area contributed by atoms with Gasteiger partial charge in [-0.1, -0.05) is 18.2 Å². The second kappa shape index (κ2) is 5.06. The number of benzene rings is 1. The van der Waals surface area contributed by atoms with Gasteiger partial charge in [-0.3, -0.25) is 0 Å². The first kappa shape index (κ1) is 11.9. The van der Waals surface area contributed by atoms with Crippen LogP contribution < -0.4 is 4.90 Å². The number of allylic oxidation sites excluding steroid dienone is 2. The van der Waals surface area contributed by atoms with E-state index >= 15 is 0 Å². The first-order valence-corrected chi connectivity index (χ1v) is 4.36. The number of para-hydroxylation sites is 1. The van der Waals surface area contributed by atoms with E-state index in [1.54, 1.807) is 0 Å². The molecule has 1 aromatic rings. The zero-order valence-corrected chi connectivity index (χ0v) is 10.6. The quantitative estimate of drug-likeness (QED) is 0.588. The van der Waals surface area contributed by atoms with Crippen molar-refractivity contribution in [3.8, 4) is 0 Å². The van der Waals surface area contributed by atoms with E-state index in [0.29, 0.717) is 0 Å². The molecule has 0 radical (unpaired) electrons. The highest BCUT2D eigenvalue weighted by Crippen LogP contribution is 2.31. The fourth-order valence-corrected chi connectivity index (χ4v) is 1.56. The Balaban J connectivity index is 0.00000112. The van der Waals surface area contributed by atoms with Crippen LogP contribution in [0.3, 0.4) is 0 Å². The summed E-state index contributed by atoms with van der Waals surface area (Å²) in [5, 5.41) is 2.80. The van der Waals surface area contributed by atoms with Gasteiger partial charge in [-0.15, -0.1) is 28.9 Å². The van der Waals surface area contributed by atoms with Crippen LogP contribution in [0.15, 0.2) is 47.9 Å². The summed E-state index contributed by atoms with van der Waals surface area (Å²) in [5.41, 5.74) is 2.98. The lowest BCUT2D eigenvalue weighted by Gasteiger charge is -2.22. The smallest absolute Gasteiger partial charge is 0.0794 e. The largest absolute Gasteiger partial charge is 0.351 e. The molecule has 0 fully saturated rings. The SMILES string of the molecule is CN1C=C/C(=C\N=O)c2ccccc21.I. The van der Waals surface area contributed by atoms with Gasteiger partial charge in [0.25, 0.3) is 0 Å². The highest BCUT2D eigenvalue weighted by Gasteiger charge is 2.11. The molecule has 0 unspecified atom stereocenters. The monoisotopic (exact) mass is 314 g/mol. The zero-order valence-electron chi connectivity index (χ0n) is 8.25. The van der Waals surface area contributed by atoms with Crippen molar-refractivity contribution in [3.63, 3.8) is 0 Å². The molecule has 0 N–H and O–H groups in total. The summed E-state index contributed by atoms with van der Waals surface area (Å²) in [6.45, 7) is 0. The molecule has 1 aromatic carbocycles. The highest BCUT2D eigenvalue weighted by atomic mass is 127. The first-order chi connectivity index (χ1) is 6.83. The first-order valence-electron chi connectivity index (χ1n) is 4.36. The lowest BCUT2D eigenvalue weighted by atomic mass is 10.0. The van der Waals surface area contributed by atoms with Crippen molar-refractivity contribution >= 4 is 35.2 Å². The third-order valence-electron chi connectivity index (χ3n) is 2.26. The Morgan fingerprint density at radius 1 is 1.33 bits per heavy atom. The maximum Gasteiger partial charge on any atom is 0.0794 e. The van der Waals surface area contributed by atoms with E-state index in [0.717, 1.165) is 16.8 Å². The van der Waals surface area contributed by atoms with Crippen LogP contribution in [0, 0.1) is 4.91 Å². The number of hydrogen-bond donors (Lipinski definition) is 0. The summed E-state index contributed by atoms with van der Waals surface area (Å²) in [4.78, 5) is 12.2. The Labute approximate surface area is 105 Å². The number of rotatable bonds is 1. The molecule has 0 bridgehead atoms. The highest BCUT2D eigenvalue weighted by molar-refractivity contribution is 14.0. The maximum absolute atomic E-state index is 10.2. The molecule has 15 heavy (non-hydrogen) atoms. The third kappa shape index (κ3) is 2.26. The van der Waals surface area contributed by atoms with Gasteiger partial charge in [0.15, 0.2) is 0 Å². The van der Waals surface area contributed by atoms with Crippen LogP contribution in [0.4, 0.5) is 5.69 Å². The summed E-state index contributed by atoms with van der Waals surface area (Å²) >= 11 is 0. The molecule has 0 aliphatic carbocycles. The zero-order chi connectivity index (χ0) is 9.97. The van der Waals surface area contributed by atoms with Gasteiger partial charge in [0.1, 0.15) is 0 Å². The van der Waals surface area contributed by atoms with E-state index < -0.39 is 0 Å². The van der Waals surface area contributed by atoms with Crippen LogP contribution >= 0.6 is 24.0 Å². The van der Waals surface area contributed by atoms with Gasteiger partial charge in [-0.05, 0) is 17.3 Å². The molecule has 1 aliphatic heterocycles. The predicted octanol–water partition coefficient (Wildman–Crippen LogP) is 3.38. The average molecular weight is 314 g/mol. The molecule has 1 heterocycles. The minimum atomic E-state index is 0. The summed E-state index contributed by atoms with van der Waals surface area (Å²) in [6.07, 6.45) is 5.13. The van der Waals surface area contributed by atoms with E-state index in [-0.39, 0.29) is 24.0 Å². The van der Waals surface area contributed by atoms with Crippen molar-refractivity contribution in [2.45, 2.75) is 0 Å². The van der Waals surface area contributed by atoms with Crippen LogP contribution in [-0.2, 0) is 0 Å². The third-order valence-corrected chi connectivity index (χ3v) is 2.26. The second-order valence-electron chi connectivity index (χ2n) is 3.13. The van der Waals surface area contributed by atoms with Crippen LogP contribution in [0.25, 0.3) is 5.57 Å². The lowest BCUT2D eigenvalue weighted by molar-refractivity contribution is 1.18. The van der Waals surface area contributed by atoms with E-state index in [1.165, 1.54) is 6.20 Å². The minimum absolute atomic E-state index is 0. The number of fused-ring (bicyclic) bond motifs is 1. The van der Waals surface area contributed by atoms with Crippen LogP contribution in [-0.4, -0.2) is 7.05 Å². The Kier molecular flexibility index (Phi) is 4.02. The second-order valence-corrected chi connectivity index (χ2v) is 3.13. The van der Waals surface area contributed by atoms with Crippen LogP contribution in [0.1, 0.15) is 5.56 Å². The predicted molar refractivity (Wildman–Crippen MR) is 73.2 cm³/mol. The normalized spacial score (nSPS) is 15.8. The number of halogens is 1. The van der Waals surface area contributed by atoms with Gasteiger partial charge >= 0.3 is 0 Å². The minimum Gasteiger partial charge on any atom is -0.351 e. The van der Waals surface area contributed by atoms with Crippen LogP contribution in [0.2, 0.25) is 0 Å². The molecule has 2 rings (SSSR count). The van der Waals surface area contributed by atoms with Gasteiger partial charge < -0.3 is 4.90 Å². The van der Waals surface area contributed by atoms with Crippen molar-refractivity contribution < 1.29 is 0 Å². The fourth-order valence-electron chi connectivity index (χ4n) is 1.56. The summed E-state index contributed by atoms with van der Waals surface area (Å²) < 4.78 is 0. The molecular formula is C11H11IN2O. The van der Waals surface area contributed by atoms with Crippen molar-refractivity contribution in [3.05, 3.63) is 53.2 Å². The van der Waals surface area contributed by atoms with Crippen molar-refractivity contribution in [2.75, 3.05) is 11.9 Å². The van der Waals surface area contributed by atoms with E-state index in [9.17, 15) is 4.91 Å². The Bertz CT molecular complexity index is 426.